The molecular formula is C19H21N3O2S. The molecule has 1 aliphatic heterocycles. The van der Waals surface area contributed by atoms with E-state index in [4.69, 9.17) is 5.11 Å². The molecule has 5 nitrogen and oxygen atoms in total. The Kier molecular flexibility index (Phi) is 4.55. The minimum atomic E-state index is 0.0849. The Labute approximate surface area is 150 Å². The summed E-state index contributed by atoms with van der Waals surface area (Å²) < 4.78 is 2.92. The fourth-order valence-electron chi connectivity index (χ4n) is 3.54. The van der Waals surface area contributed by atoms with Crippen molar-refractivity contribution in [2.75, 3.05) is 19.7 Å². The number of amides is 1. The van der Waals surface area contributed by atoms with Gasteiger partial charge in [0.25, 0.3) is 5.91 Å². The highest BCUT2D eigenvalue weighted by Gasteiger charge is 2.28. The largest absolute Gasteiger partial charge is 0.394 e. The van der Waals surface area contributed by atoms with E-state index in [9.17, 15) is 4.79 Å². The number of carbonyl (C=O) groups is 1. The first kappa shape index (κ1) is 16.3. The number of aliphatic hydroxyl groups is 1. The monoisotopic (exact) mass is 355 g/mol. The topological polar surface area (TPSA) is 58.4 Å². The van der Waals surface area contributed by atoms with Gasteiger partial charge >= 0.3 is 0 Å². The molecule has 3 heterocycles. The third kappa shape index (κ3) is 3.19. The molecule has 2 aromatic heterocycles. The molecule has 4 rings (SSSR count). The summed E-state index contributed by atoms with van der Waals surface area (Å²) in [6.45, 7) is 2.11. The molecule has 130 valence electrons. The van der Waals surface area contributed by atoms with Crippen LogP contribution in [-0.4, -0.2) is 45.4 Å². The molecular weight excluding hydrogens is 334 g/mol. The lowest BCUT2D eigenvalue weighted by molar-refractivity contribution is 0.0708. The maximum Gasteiger partial charge on any atom is 0.255 e. The number of hydrogen-bond donors (Lipinski definition) is 1. The Hall–Kier alpha value is -2.18. The summed E-state index contributed by atoms with van der Waals surface area (Å²) in [5.74, 6) is 0.388. The summed E-state index contributed by atoms with van der Waals surface area (Å²) >= 11 is 1.63. The summed E-state index contributed by atoms with van der Waals surface area (Å²) in [5, 5.41) is 16.6. The van der Waals surface area contributed by atoms with Crippen molar-refractivity contribution in [3.8, 4) is 0 Å². The van der Waals surface area contributed by atoms with Crippen molar-refractivity contribution in [3.63, 3.8) is 0 Å². The summed E-state index contributed by atoms with van der Waals surface area (Å²) in [4.78, 5) is 15.0. The van der Waals surface area contributed by atoms with Crippen molar-refractivity contribution in [1.82, 2.24) is 14.7 Å². The highest BCUT2D eigenvalue weighted by atomic mass is 32.1. The number of likely N-dealkylation sites (tertiary alicyclic amines) is 1. The van der Waals surface area contributed by atoms with E-state index >= 15 is 0 Å². The van der Waals surface area contributed by atoms with Gasteiger partial charge in [-0.25, -0.2) is 0 Å². The molecule has 1 aromatic carbocycles. The SMILES string of the molecule is O=C(c1csc2ccccc12)N1CCC[C@H](c2ccn(CCO)n2)C1. The molecule has 0 aliphatic carbocycles. The lowest BCUT2D eigenvalue weighted by Gasteiger charge is -2.32. The zero-order valence-electron chi connectivity index (χ0n) is 14.0. The van der Waals surface area contributed by atoms with Crippen LogP contribution in [0.2, 0.25) is 0 Å². The lowest BCUT2D eigenvalue weighted by atomic mass is 9.94. The number of aliphatic hydroxyl groups excluding tert-OH is 1. The van der Waals surface area contributed by atoms with E-state index in [-0.39, 0.29) is 18.4 Å². The standard InChI is InChI=1S/C19H21N3O2S/c23-11-10-22-9-7-17(20-22)14-4-3-8-21(12-14)19(24)16-13-25-18-6-2-1-5-15(16)18/h1-2,5-7,9,13-14,23H,3-4,8,10-12H2/t14-/m0/s1. The molecule has 1 atom stereocenters. The Bertz CT molecular complexity index is 886. The zero-order valence-corrected chi connectivity index (χ0v) is 14.8. The van der Waals surface area contributed by atoms with Crippen LogP contribution < -0.4 is 0 Å². The van der Waals surface area contributed by atoms with Crippen molar-refractivity contribution in [2.24, 2.45) is 0 Å². The van der Waals surface area contributed by atoms with Crippen LogP contribution in [0.1, 0.15) is 34.8 Å². The van der Waals surface area contributed by atoms with Gasteiger partial charge in [0, 0.05) is 40.7 Å². The fourth-order valence-corrected chi connectivity index (χ4v) is 4.47. The van der Waals surface area contributed by atoms with Crippen LogP contribution in [0, 0.1) is 0 Å². The second kappa shape index (κ2) is 6.98. The van der Waals surface area contributed by atoms with Crippen LogP contribution in [0.15, 0.2) is 41.9 Å². The van der Waals surface area contributed by atoms with Crippen LogP contribution in [0.4, 0.5) is 0 Å². The molecule has 1 N–H and O–H groups in total. The van der Waals surface area contributed by atoms with Crippen molar-refractivity contribution in [2.45, 2.75) is 25.3 Å². The molecule has 3 aromatic rings. The molecule has 0 saturated carbocycles. The van der Waals surface area contributed by atoms with E-state index in [0.717, 1.165) is 40.7 Å². The molecule has 0 bridgehead atoms. The molecule has 0 spiro atoms. The third-order valence-corrected chi connectivity index (χ3v) is 5.79. The molecule has 0 unspecified atom stereocenters. The number of fused-ring (bicyclic) bond motifs is 1. The van der Waals surface area contributed by atoms with Crippen molar-refractivity contribution >= 4 is 27.3 Å². The number of nitrogens with zero attached hydrogens (tertiary/aromatic N) is 3. The Morgan fingerprint density at radius 3 is 3.08 bits per heavy atom. The number of benzene rings is 1. The first-order valence-corrected chi connectivity index (χ1v) is 9.54. The smallest absolute Gasteiger partial charge is 0.255 e. The zero-order chi connectivity index (χ0) is 17.2. The van der Waals surface area contributed by atoms with Crippen LogP contribution in [0.25, 0.3) is 10.1 Å². The van der Waals surface area contributed by atoms with Gasteiger partial charge in [0.2, 0.25) is 0 Å². The fraction of sp³-hybridized carbons (Fsp3) is 0.368. The molecule has 25 heavy (non-hydrogen) atoms. The van der Waals surface area contributed by atoms with Crippen LogP contribution in [0.3, 0.4) is 0 Å². The predicted molar refractivity (Wildman–Crippen MR) is 99.0 cm³/mol. The van der Waals surface area contributed by atoms with Crippen LogP contribution in [-0.2, 0) is 6.54 Å². The Morgan fingerprint density at radius 1 is 1.32 bits per heavy atom. The van der Waals surface area contributed by atoms with Crippen LogP contribution in [0.5, 0.6) is 0 Å². The average Bonchev–Trinajstić information content (AvgIpc) is 3.29. The lowest BCUT2D eigenvalue weighted by Crippen LogP contribution is -2.39. The van der Waals surface area contributed by atoms with E-state index in [0.29, 0.717) is 13.1 Å². The second-order valence-corrected chi connectivity index (χ2v) is 7.37. The minimum Gasteiger partial charge on any atom is -0.394 e. The summed E-state index contributed by atoms with van der Waals surface area (Å²) in [5.41, 5.74) is 1.83. The minimum absolute atomic E-state index is 0.0849. The first-order valence-electron chi connectivity index (χ1n) is 8.66. The molecule has 1 amide bonds. The Balaban J connectivity index is 1.53. The summed E-state index contributed by atoms with van der Waals surface area (Å²) in [6.07, 6.45) is 3.94. The number of piperidine rings is 1. The second-order valence-electron chi connectivity index (χ2n) is 6.46. The number of rotatable bonds is 4. The van der Waals surface area contributed by atoms with Gasteiger partial charge < -0.3 is 10.0 Å². The quantitative estimate of drug-likeness (QED) is 0.782. The van der Waals surface area contributed by atoms with Crippen molar-refractivity contribution < 1.29 is 9.90 Å². The number of carbonyl (C=O) groups excluding carboxylic acids is 1. The van der Waals surface area contributed by atoms with Gasteiger partial charge in [0.05, 0.1) is 24.4 Å². The van der Waals surface area contributed by atoms with E-state index in [2.05, 4.69) is 11.2 Å². The number of aromatic nitrogens is 2. The van der Waals surface area contributed by atoms with Gasteiger partial charge in [-0.15, -0.1) is 11.3 Å². The molecule has 6 heteroatoms. The molecule has 0 radical (unpaired) electrons. The summed E-state index contributed by atoms with van der Waals surface area (Å²) in [6, 6.07) is 10.1. The van der Waals surface area contributed by atoms with Gasteiger partial charge in [-0.3, -0.25) is 9.48 Å². The van der Waals surface area contributed by atoms with E-state index < -0.39 is 0 Å². The maximum absolute atomic E-state index is 13.0. The van der Waals surface area contributed by atoms with Crippen molar-refractivity contribution in [1.29, 1.82) is 0 Å². The predicted octanol–water partition coefficient (Wildman–Crippen LogP) is 3.11. The van der Waals surface area contributed by atoms with Gasteiger partial charge in [0.1, 0.15) is 0 Å². The molecule has 1 saturated heterocycles. The number of hydrogen-bond acceptors (Lipinski definition) is 4. The maximum atomic E-state index is 13.0. The highest BCUT2D eigenvalue weighted by Crippen LogP contribution is 2.30. The molecule has 1 aliphatic rings. The Morgan fingerprint density at radius 2 is 2.20 bits per heavy atom. The van der Waals surface area contributed by atoms with E-state index in [1.165, 1.54) is 0 Å². The normalized spacial score (nSPS) is 18.0. The van der Waals surface area contributed by atoms with Gasteiger partial charge in [0.15, 0.2) is 0 Å². The summed E-state index contributed by atoms with van der Waals surface area (Å²) in [7, 11) is 0. The molecule has 1 fully saturated rings. The first-order chi connectivity index (χ1) is 12.3. The van der Waals surface area contributed by atoms with Gasteiger partial charge in [-0.2, -0.15) is 5.10 Å². The highest BCUT2D eigenvalue weighted by molar-refractivity contribution is 7.17. The van der Waals surface area contributed by atoms with Gasteiger partial charge in [-0.05, 0) is 25.0 Å². The van der Waals surface area contributed by atoms with Crippen molar-refractivity contribution in [3.05, 3.63) is 53.2 Å². The third-order valence-electron chi connectivity index (χ3n) is 4.83. The van der Waals surface area contributed by atoms with Gasteiger partial charge in [-0.1, -0.05) is 18.2 Å². The number of thiophene rings is 1. The van der Waals surface area contributed by atoms with Crippen LogP contribution >= 0.6 is 11.3 Å². The van der Waals surface area contributed by atoms with E-state index in [1.54, 1.807) is 16.0 Å². The average molecular weight is 355 g/mol. The van der Waals surface area contributed by atoms with E-state index in [1.807, 2.05) is 40.7 Å².